The molecule has 0 spiro atoms. The van der Waals surface area contributed by atoms with E-state index in [0.717, 1.165) is 31.5 Å². The highest BCUT2D eigenvalue weighted by atomic mass is 32.1. The molecular weight excluding hydrogens is 194 g/mol. The molecule has 3 heteroatoms. The quantitative estimate of drug-likeness (QED) is 0.785. The van der Waals surface area contributed by atoms with E-state index >= 15 is 0 Å². The van der Waals surface area contributed by atoms with Gasteiger partial charge in [-0.05, 0) is 55.8 Å². The number of piperidine rings is 1. The number of aliphatic hydroxyl groups is 1. The Morgan fingerprint density at radius 1 is 1.50 bits per heavy atom. The zero-order chi connectivity index (χ0) is 9.97. The van der Waals surface area contributed by atoms with E-state index in [2.05, 4.69) is 23.7 Å². The highest BCUT2D eigenvalue weighted by molar-refractivity contribution is 7.10. The first-order valence-corrected chi connectivity index (χ1v) is 6.09. The average Bonchev–Trinajstić information content (AvgIpc) is 2.65. The van der Waals surface area contributed by atoms with Crippen molar-refractivity contribution in [1.82, 2.24) is 5.32 Å². The molecule has 1 aliphatic heterocycles. The Hall–Kier alpha value is -0.380. The second-order valence-electron chi connectivity index (χ2n) is 4.02. The van der Waals surface area contributed by atoms with Crippen molar-refractivity contribution in [3.63, 3.8) is 0 Å². The summed E-state index contributed by atoms with van der Waals surface area (Å²) in [5.41, 5.74) is 1.11. The van der Waals surface area contributed by atoms with Crippen LogP contribution in [0.2, 0.25) is 0 Å². The number of thiophene rings is 1. The molecule has 1 aromatic rings. The van der Waals surface area contributed by atoms with Crippen molar-refractivity contribution in [2.75, 3.05) is 13.1 Å². The van der Waals surface area contributed by atoms with Crippen molar-refractivity contribution < 1.29 is 5.11 Å². The average molecular weight is 211 g/mol. The van der Waals surface area contributed by atoms with E-state index in [1.807, 2.05) is 0 Å². The smallest absolute Gasteiger partial charge is 0.0827 e. The van der Waals surface area contributed by atoms with Crippen LogP contribution in [0.1, 0.15) is 29.4 Å². The second kappa shape index (κ2) is 4.43. The van der Waals surface area contributed by atoms with Gasteiger partial charge < -0.3 is 10.4 Å². The molecule has 0 bridgehead atoms. The minimum Gasteiger partial charge on any atom is -0.388 e. The zero-order valence-corrected chi connectivity index (χ0v) is 9.31. The summed E-state index contributed by atoms with van der Waals surface area (Å²) < 4.78 is 0. The minimum atomic E-state index is -0.248. The predicted molar refractivity (Wildman–Crippen MR) is 59.6 cm³/mol. The Morgan fingerprint density at radius 3 is 2.79 bits per heavy atom. The molecule has 2 N–H and O–H groups in total. The largest absolute Gasteiger partial charge is 0.388 e. The van der Waals surface area contributed by atoms with Gasteiger partial charge in [-0.1, -0.05) is 0 Å². The molecule has 1 aromatic heterocycles. The molecule has 0 radical (unpaired) electrons. The molecule has 1 fully saturated rings. The Morgan fingerprint density at radius 2 is 2.21 bits per heavy atom. The van der Waals surface area contributed by atoms with Crippen LogP contribution < -0.4 is 5.32 Å². The van der Waals surface area contributed by atoms with Gasteiger partial charge in [0.25, 0.3) is 0 Å². The lowest BCUT2D eigenvalue weighted by Gasteiger charge is -2.26. The summed E-state index contributed by atoms with van der Waals surface area (Å²) in [6.07, 6.45) is 1.94. The van der Waals surface area contributed by atoms with Crippen molar-refractivity contribution >= 4 is 11.3 Å². The van der Waals surface area contributed by atoms with E-state index in [0.29, 0.717) is 5.92 Å². The molecule has 0 aliphatic carbocycles. The molecule has 0 saturated carbocycles. The third-order valence-corrected chi connectivity index (χ3v) is 3.80. The fourth-order valence-corrected chi connectivity index (χ4v) is 2.78. The van der Waals surface area contributed by atoms with Gasteiger partial charge in [0.15, 0.2) is 0 Å². The summed E-state index contributed by atoms with van der Waals surface area (Å²) in [5.74, 6) is 0.449. The normalized spacial score (nSPS) is 21.0. The maximum atomic E-state index is 10.1. The number of aliphatic hydroxyl groups excluding tert-OH is 1. The Kier molecular flexibility index (Phi) is 3.21. The van der Waals surface area contributed by atoms with Crippen LogP contribution in [0.4, 0.5) is 0 Å². The Labute approximate surface area is 89.0 Å². The van der Waals surface area contributed by atoms with Crippen LogP contribution in [0.3, 0.4) is 0 Å². The standard InChI is InChI=1S/C11H17NOS/c1-8-6-10(7-14-8)11(13)9-2-4-12-5-3-9/h6-7,9,11-13H,2-5H2,1H3. The van der Waals surface area contributed by atoms with E-state index in [1.54, 1.807) is 11.3 Å². The Balaban J connectivity index is 2.03. The van der Waals surface area contributed by atoms with Crippen LogP contribution in [0.15, 0.2) is 11.4 Å². The van der Waals surface area contributed by atoms with E-state index < -0.39 is 0 Å². The van der Waals surface area contributed by atoms with Crippen molar-refractivity contribution in [1.29, 1.82) is 0 Å². The number of hydrogen-bond donors (Lipinski definition) is 2. The van der Waals surface area contributed by atoms with Gasteiger partial charge in [0.1, 0.15) is 0 Å². The van der Waals surface area contributed by atoms with Gasteiger partial charge in [0.05, 0.1) is 6.10 Å². The van der Waals surface area contributed by atoms with E-state index in [4.69, 9.17) is 0 Å². The van der Waals surface area contributed by atoms with Crippen molar-refractivity contribution in [2.45, 2.75) is 25.9 Å². The molecule has 78 valence electrons. The summed E-state index contributed by atoms with van der Waals surface area (Å²) in [6, 6.07) is 2.11. The van der Waals surface area contributed by atoms with Gasteiger partial charge in [-0.2, -0.15) is 0 Å². The van der Waals surface area contributed by atoms with Crippen molar-refractivity contribution in [3.05, 3.63) is 21.9 Å². The summed E-state index contributed by atoms with van der Waals surface area (Å²) >= 11 is 1.72. The van der Waals surface area contributed by atoms with Crippen molar-refractivity contribution in [2.24, 2.45) is 5.92 Å². The third-order valence-electron chi connectivity index (χ3n) is 2.92. The SMILES string of the molecule is Cc1cc(C(O)C2CCNCC2)cs1. The first-order valence-electron chi connectivity index (χ1n) is 5.21. The molecule has 0 amide bonds. The lowest BCUT2D eigenvalue weighted by molar-refractivity contribution is 0.0893. The molecule has 1 atom stereocenters. The van der Waals surface area contributed by atoms with E-state index in [1.165, 1.54) is 4.88 Å². The van der Waals surface area contributed by atoms with Crippen molar-refractivity contribution in [3.8, 4) is 0 Å². The molecule has 1 unspecified atom stereocenters. The molecular formula is C11H17NOS. The van der Waals surface area contributed by atoms with Gasteiger partial charge in [-0.15, -0.1) is 11.3 Å². The highest BCUT2D eigenvalue weighted by Gasteiger charge is 2.23. The molecule has 1 saturated heterocycles. The Bertz CT molecular complexity index is 291. The van der Waals surface area contributed by atoms with E-state index in [9.17, 15) is 5.11 Å². The summed E-state index contributed by atoms with van der Waals surface area (Å²) in [5, 5.41) is 15.5. The molecule has 2 heterocycles. The topological polar surface area (TPSA) is 32.3 Å². The van der Waals surface area contributed by atoms with Gasteiger partial charge in [0.2, 0.25) is 0 Å². The first kappa shape index (κ1) is 10.1. The molecule has 1 aliphatic rings. The van der Waals surface area contributed by atoms with Gasteiger partial charge >= 0.3 is 0 Å². The number of aryl methyl sites for hydroxylation is 1. The van der Waals surface area contributed by atoms with Crippen LogP contribution in [0.25, 0.3) is 0 Å². The molecule has 2 rings (SSSR count). The highest BCUT2D eigenvalue weighted by Crippen LogP contribution is 2.30. The fraction of sp³-hybridized carbons (Fsp3) is 0.636. The summed E-state index contributed by atoms with van der Waals surface area (Å²) in [4.78, 5) is 1.29. The lowest BCUT2D eigenvalue weighted by atomic mass is 9.89. The maximum Gasteiger partial charge on any atom is 0.0827 e. The number of rotatable bonds is 2. The van der Waals surface area contributed by atoms with Crippen LogP contribution in [0.5, 0.6) is 0 Å². The first-order chi connectivity index (χ1) is 6.77. The lowest BCUT2D eigenvalue weighted by Crippen LogP contribution is -2.30. The van der Waals surface area contributed by atoms with E-state index in [-0.39, 0.29) is 6.10 Å². The number of nitrogens with one attached hydrogen (secondary N) is 1. The van der Waals surface area contributed by atoms with Crippen LogP contribution in [0, 0.1) is 12.8 Å². The summed E-state index contributed by atoms with van der Waals surface area (Å²) in [6.45, 7) is 4.18. The molecule has 14 heavy (non-hydrogen) atoms. The van der Waals surface area contributed by atoms with Crippen LogP contribution in [-0.4, -0.2) is 18.2 Å². The van der Waals surface area contributed by atoms with Gasteiger partial charge in [-0.3, -0.25) is 0 Å². The predicted octanol–water partition coefficient (Wildman–Crippen LogP) is 2.09. The monoisotopic (exact) mass is 211 g/mol. The maximum absolute atomic E-state index is 10.1. The summed E-state index contributed by atoms with van der Waals surface area (Å²) in [7, 11) is 0. The van der Waals surface area contributed by atoms with Gasteiger partial charge in [-0.25, -0.2) is 0 Å². The van der Waals surface area contributed by atoms with Crippen LogP contribution >= 0.6 is 11.3 Å². The number of hydrogen-bond acceptors (Lipinski definition) is 3. The fourth-order valence-electron chi connectivity index (χ4n) is 2.05. The van der Waals surface area contributed by atoms with Gasteiger partial charge in [0, 0.05) is 4.88 Å². The minimum absolute atomic E-state index is 0.248. The van der Waals surface area contributed by atoms with Crippen LogP contribution in [-0.2, 0) is 0 Å². The molecule has 2 nitrogen and oxygen atoms in total. The zero-order valence-electron chi connectivity index (χ0n) is 8.49. The molecule has 0 aromatic carbocycles. The third kappa shape index (κ3) is 2.16. The second-order valence-corrected chi connectivity index (χ2v) is 5.14.